The van der Waals surface area contributed by atoms with E-state index in [1.54, 1.807) is 24.3 Å². The van der Waals surface area contributed by atoms with E-state index in [0.717, 1.165) is 25.7 Å². The number of methoxy groups -OCH3 is 1. The first-order valence-electron chi connectivity index (χ1n) is 10.9. The van der Waals surface area contributed by atoms with Gasteiger partial charge in [0.25, 0.3) is 0 Å². The smallest absolute Gasteiger partial charge is 0.305 e. The second-order valence-electron chi connectivity index (χ2n) is 7.58. The molecule has 176 valence electrons. The number of ketones is 1. The zero-order chi connectivity index (χ0) is 24.0. The van der Waals surface area contributed by atoms with Crippen LogP contribution in [-0.4, -0.2) is 42.5 Å². The van der Waals surface area contributed by atoms with Crippen LogP contribution in [-0.2, 0) is 33.4 Å². The lowest BCUT2D eigenvalue weighted by atomic mass is 9.91. The van der Waals surface area contributed by atoms with Crippen LogP contribution in [0.4, 0.5) is 0 Å². The van der Waals surface area contributed by atoms with E-state index in [2.05, 4.69) is 11.7 Å². The fraction of sp³-hybridized carbons (Fsp3) is 0.520. The first-order valence-corrected chi connectivity index (χ1v) is 10.9. The van der Waals surface area contributed by atoms with E-state index >= 15 is 0 Å². The minimum atomic E-state index is -1.17. The molecule has 1 rings (SSSR count). The van der Waals surface area contributed by atoms with Gasteiger partial charge in [-0.2, -0.15) is 0 Å². The molecule has 0 amide bonds. The first-order chi connectivity index (χ1) is 15.2. The summed E-state index contributed by atoms with van der Waals surface area (Å²) < 4.78 is 15.4. The van der Waals surface area contributed by atoms with Crippen LogP contribution in [0, 0.1) is 0 Å². The monoisotopic (exact) mass is 446 g/mol. The third-order valence-electron chi connectivity index (χ3n) is 4.88. The van der Waals surface area contributed by atoms with Crippen molar-refractivity contribution in [2.75, 3.05) is 7.11 Å². The van der Waals surface area contributed by atoms with Gasteiger partial charge < -0.3 is 14.2 Å². The van der Waals surface area contributed by atoms with Crippen LogP contribution in [0.3, 0.4) is 0 Å². The molecule has 7 heteroatoms. The summed E-state index contributed by atoms with van der Waals surface area (Å²) in [6.45, 7) is 4.72. The highest BCUT2D eigenvalue weighted by Crippen LogP contribution is 2.34. The van der Waals surface area contributed by atoms with Gasteiger partial charge in [-0.3, -0.25) is 19.2 Å². The Morgan fingerprint density at radius 1 is 1.12 bits per heavy atom. The predicted octanol–water partition coefficient (Wildman–Crippen LogP) is 4.32. The Balaban J connectivity index is 3.02. The van der Waals surface area contributed by atoms with Crippen LogP contribution < -0.4 is 0 Å². The topological polar surface area (TPSA) is 96.0 Å². The first kappa shape index (κ1) is 27.1. The van der Waals surface area contributed by atoms with Crippen molar-refractivity contribution in [1.29, 1.82) is 0 Å². The number of hydrogen-bond acceptors (Lipinski definition) is 7. The molecule has 0 saturated heterocycles. The number of allylic oxidation sites excluding steroid dienone is 4. The molecular formula is C25H34O7. The van der Waals surface area contributed by atoms with Gasteiger partial charge in [-0.25, -0.2) is 0 Å². The summed E-state index contributed by atoms with van der Waals surface area (Å²) >= 11 is 0. The fourth-order valence-electron chi connectivity index (χ4n) is 3.32. The zero-order valence-electron chi connectivity index (χ0n) is 19.4. The molecule has 0 aliphatic heterocycles. The Bertz CT molecular complexity index is 788. The maximum absolute atomic E-state index is 12.5. The minimum absolute atomic E-state index is 0.0794. The van der Waals surface area contributed by atoms with Crippen LogP contribution in [0.1, 0.15) is 65.7 Å². The van der Waals surface area contributed by atoms with Gasteiger partial charge in [-0.1, -0.05) is 44.1 Å². The minimum Gasteiger partial charge on any atom is -0.469 e. The van der Waals surface area contributed by atoms with Crippen LogP contribution in [0.15, 0.2) is 48.1 Å². The average molecular weight is 447 g/mol. The normalized spacial score (nSPS) is 20.2. The van der Waals surface area contributed by atoms with Gasteiger partial charge in [0.1, 0.15) is 6.10 Å². The third-order valence-corrected chi connectivity index (χ3v) is 4.88. The summed E-state index contributed by atoms with van der Waals surface area (Å²) in [6, 6.07) is 0. The van der Waals surface area contributed by atoms with E-state index < -0.39 is 29.6 Å². The van der Waals surface area contributed by atoms with E-state index in [-0.39, 0.29) is 18.6 Å². The van der Waals surface area contributed by atoms with Crippen molar-refractivity contribution in [2.45, 2.75) is 77.4 Å². The van der Waals surface area contributed by atoms with Crippen LogP contribution >= 0.6 is 0 Å². The van der Waals surface area contributed by atoms with E-state index in [1.165, 1.54) is 27.0 Å². The number of ether oxygens (including phenoxy) is 3. The van der Waals surface area contributed by atoms with Gasteiger partial charge >= 0.3 is 17.9 Å². The molecule has 0 N–H and O–H groups in total. The SMILES string of the molecule is CCCCC/C=C\C[C@]1(OC(C)=O)C=CC(=O)/C1=C\C=C\[C@H](CCC(=O)OC)OC(C)=O. The van der Waals surface area contributed by atoms with Crippen molar-refractivity contribution in [3.63, 3.8) is 0 Å². The number of carbonyl (C=O) groups is 4. The second-order valence-corrected chi connectivity index (χ2v) is 7.58. The average Bonchev–Trinajstić information content (AvgIpc) is 3.03. The van der Waals surface area contributed by atoms with Crippen molar-refractivity contribution < 1.29 is 33.4 Å². The molecule has 0 aromatic rings. The number of hydrogen-bond donors (Lipinski definition) is 0. The van der Waals surface area contributed by atoms with Crippen molar-refractivity contribution in [3.05, 3.63) is 48.1 Å². The van der Waals surface area contributed by atoms with Gasteiger partial charge in [0.2, 0.25) is 0 Å². The summed E-state index contributed by atoms with van der Waals surface area (Å²) in [5.41, 5.74) is -0.853. The molecule has 0 saturated carbocycles. The lowest BCUT2D eigenvalue weighted by Gasteiger charge is -2.27. The Morgan fingerprint density at radius 3 is 2.50 bits per heavy atom. The number of esters is 3. The Hall–Kier alpha value is -2.96. The zero-order valence-corrected chi connectivity index (χ0v) is 19.4. The Labute approximate surface area is 190 Å². The van der Waals surface area contributed by atoms with Gasteiger partial charge in [0, 0.05) is 32.3 Å². The summed E-state index contributed by atoms with van der Waals surface area (Å²) in [5, 5.41) is 0. The van der Waals surface area contributed by atoms with E-state index in [0.29, 0.717) is 12.0 Å². The summed E-state index contributed by atoms with van der Waals surface area (Å²) in [6.07, 6.45) is 16.0. The number of carbonyl (C=O) groups excluding carboxylic acids is 4. The maximum Gasteiger partial charge on any atom is 0.305 e. The lowest BCUT2D eigenvalue weighted by molar-refractivity contribution is -0.149. The van der Waals surface area contributed by atoms with Crippen molar-refractivity contribution in [2.24, 2.45) is 0 Å². The summed E-state index contributed by atoms with van der Waals surface area (Å²) in [7, 11) is 1.29. The van der Waals surface area contributed by atoms with Crippen molar-refractivity contribution in [3.8, 4) is 0 Å². The Morgan fingerprint density at radius 2 is 1.88 bits per heavy atom. The van der Waals surface area contributed by atoms with Crippen LogP contribution in [0.5, 0.6) is 0 Å². The van der Waals surface area contributed by atoms with E-state index in [9.17, 15) is 19.2 Å². The Kier molecular flexibility index (Phi) is 12.0. The molecular weight excluding hydrogens is 412 g/mol. The molecule has 0 aromatic heterocycles. The molecule has 1 aliphatic rings. The van der Waals surface area contributed by atoms with Crippen LogP contribution in [0.25, 0.3) is 0 Å². The lowest BCUT2D eigenvalue weighted by Crippen LogP contribution is -2.33. The van der Waals surface area contributed by atoms with Gasteiger partial charge in [-0.15, -0.1) is 0 Å². The molecule has 7 nitrogen and oxygen atoms in total. The van der Waals surface area contributed by atoms with E-state index in [1.807, 2.05) is 12.2 Å². The molecule has 0 unspecified atom stereocenters. The largest absolute Gasteiger partial charge is 0.469 e. The molecule has 0 fully saturated rings. The summed E-state index contributed by atoms with van der Waals surface area (Å²) in [5.74, 6) is -1.65. The molecule has 0 radical (unpaired) electrons. The highest BCUT2D eigenvalue weighted by molar-refractivity contribution is 6.09. The highest BCUT2D eigenvalue weighted by atomic mass is 16.6. The summed E-state index contributed by atoms with van der Waals surface area (Å²) in [4.78, 5) is 47.0. The van der Waals surface area contributed by atoms with Crippen LogP contribution in [0.2, 0.25) is 0 Å². The van der Waals surface area contributed by atoms with Gasteiger partial charge in [0.15, 0.2) is 11.4 Å². The van der Waals surface area contributed by atoms with Gasteiger partial charge in [0.05, 0.1) is 7.11 Å². The van der Waals surface area contributed by atoms with Crippen molar-refractivity contribution in [1.82, 2.24) is 0 Å². The number of unbranched alkanes of at least 4 members (excludes halogenated alkanes) is 3. The van der Waals surface area contributed by atoms with Crippen molar-refractivity contribution >= 4 is 23.7 Å². The molecule has 0 aromatic carbocycles. The second kappa shape index (κ2) is 14.2. The standard InChI is InChI=1S/C25H34O7/c1-5-6-7-8-9-10-17-25(32-20(3)27)18-16-23(28)22(25)13-11-12-21(31-19(2)26)14-15-24(29)30-4/h9-13,16,18,21H,5-8,14-15,17H2,1-4H3/b10-9-,12-11+,22-13+/t21-,25+/m1/s1. The quantitative estimate of drug-likeness (QED) is 0.137. The third kappa shape index (κ3) is 9.45. The fourth-order valence-corrected chi connectivity index (χ4v) is 3.32. The molecule has 2 atom stereocenters. The predicted molar refractivity (Wildman–Crippen MR) is 121 cm³/mol. The maximum atomic E-state index is 12.5. The molecule has 0 heterocycles. The van der Waals surface area contributed by atoms with Gasteiger partial charge in [-0.05, 0) is 37.5 Å². The number of rotatable bonds is 13. The molecule has 1 aliphatic carbocycles. The molecule has 32 heavy (non-hydrogen) atoms. The van der Waals surface area contributed by atoms with E-state index in [4.69, 9.17) is 9.47 Å². The molecule has 0 spiro atoms. The highest BCUT2D eigenvalue weighted by Gasteiger charge is 2.41. The molecule has 0 bridgehead atoms.